The molecule has 2 fully saturated rings. The number of halogens is 1. The minimum Gasteiger partial charge on any atom is -0.375 e. The van der Waals surface area contributed by atoms with Crippen molar-refractivity contribution in [3.05, 3.63) is 34.3 Å². The lowest BCUT2D eigenvalue weighted by atomic mass is 9.70. The third kappa shape index (κ3) is 2.54. The summed E-state index contributed by atoms with van der Waals surface area (Å²) in [5.74, 6) is 0.521. The Morgan fingerprint density at radius 1 is 1.42 bits per heavy atom. The second-order valence-corrected chi connectivity index (χ2v) is 6.58. The number of hydrogen-bond acceptors (Lipinski definition) is 2. The maximum absolute atomic E-state index is 6.47. The van der Waals surface area contributed by atoms with Crippen LogP contribution in [-0.4, -0.2) is 12.2 Å². The fraction of sp³-hybridized carbons (Fsp3) is 0.625. The topological polar surface area (TPSA) is 35.2 Å². The molecule has 0 radical (unpaired) electrons. The molecular weight excluding hydrogens is 258 g/mol. The summed E-state index contributed by atoms with van der Waals surface area (Å²) in [4.78, 5) is 0. The molecule has 2 N–H and O–H groups in total. The van der Waals surface area contributed by atoms with Gasteiger partial charge in [-0.3, -0.25) is 0 Å². The van der Waals surface area contributed by atoms with E-state index in [-0.39, 0.29) is 11.6 Å². The molecule has 1 saturated carbocycles. The standard InChI is InChI=1S/C16H22ClNO/c1-11-3-4-12(9-14(11)17)15(18)13-5-8-19-16(10-13)6-2-7-16/h3-4,9,13,15H,2,5-8,10,18H2,1H3. The van der Waals surface area contributed by atoms with E-state index >= 15 is 0 Å². The highest BCUT2D eigenvalue weighted by atomic mass is 35.5. The van der Waals surface area contributed by atoms with Gasteiger partial charge < -0.3 is 10.5 Å². The first kappa shape index (κ1) is 13.4. The van der Waals surface area contributed by atoms with Crippen LogP contribution in [0.2, 0.25) is 5.02 Å². The van der Waals surface area contributed by atoms with E-state index in [9.17, 15) is 0 Å². The minimum atomic E-state index is 0.0828. The SMILES string of the molecule is Cc1ccc(C(N)C2CCOC3(CCC3)C2)cc1Cl. The molecule has 2 aliphatic rings. The third-order valence-corrected chi connectivity index (χ3v) is 5.29. The maximum Gasteiger partial charge on any atom is 0.0686 e. The van der Waals surface area contributed by atoms with E-state index in [1.807, 2.05) is 13.0 Å². The number of aryl methyl sites for hydroxylation is 1. The van der Waals surface area contributed by atoms with Crippen LogP contribution < -0.4 is 5.73 Å². The molecule has 1 spiro atoms. The molecule has 1 aromatic rings. The highest BCUT2D eigenvalue weighted by Crippen LogP contribution is 2.46. The Bertz CT molecular complexity index is 470. The molecule has 0 aromatic heterocycles. The van der Waals surface area contributed by atoms with Crippen molar-refractivity contribution in [3.8, 4) is 0 Å². The van der Waals surface area contributed by atoms with Crippen molar-refractivity contribution in [2.75, 3.05) is 6.61 Å². The van der Waals surface area contributed by atoms with E-state index in [2.05, 4.69) is 12.1 Å². The molecule has 1 saturated heterocycles. The van der Waals surface area contributed by atoms with Gasteiger partial charge in [0.05, 0.1) is 5.60 Å². The molecule has 2 atom stereocenters. The molecule has 1 aliphatic heterocycles. The van der Waals surface area contributed by atoms with Crippen LogP contribution in [0, 0.1) is 12.8 Å². The van der Waals surface area contributed by atoms with Crippen LogP contribution in [0.5, 0.6) is 0 Å². The third-order valence-electron chi connectivity index (χ3n) is 4.88. The number of nitrogens with two attached hydrogens (primary N) is 1. The van der Waals surface area contributed by atoms with Crippen molar-refractivity contribution in [1.29, 1.82) is 0 Å². The monoisotopic (exact) mass is 279 g/mol. The predicted octanol–water partition coefficient (Wildman–Crippen LogP) is 4.00. The van der Waals surface area contributed by atoms with Gasteiger partial charge in [-0.05, 0) is 62.1 Å². The van der Waals surface area contributed by atoms with Gasteiger partial charge in [0.2, 0.25) is 0 Å². The Morgan fingerprint density at radius 2 is 2.21 bits per heavy atom. The smallest absolute Gasteiger partial charge is 0.0686 e. The van der Waals surface area contributed by atoms with Gasteiger partial charge in [-0.1, -0.05) is 23.7 Å². The van der Waals surface area contributed by atoms with Crippen LogP contribution >= 0.6 is 11.6 Å². The van der Waals surface area contributed by atoms with Crippen molar-refractivity contribution in [2.24, 2.45) is 11.7 Å². The Kier molecular flexibility index (Phi) is 3.59. The molecular formula is C16H22ClNO. The van der Waals surface area contributed by atoms with Crippen molar-refractivity contribution < 1.29 is 4.74 Å². The summed E-state index contributed by atoms with van der Waals surface area (Å²) in [6.07, 6.45) is 5.90. The van der Waals surface area contributed by atoms with Crippen molar-refractivity contribution in [1.82, 2.24) is 0 Å². The largest absolute Gasteiger partial charge is 0.375 e. The first-order chi connectivity index (χ1) is 9.10. The zero-order valence-corrected chi connectivity index (χ0v) is 12.2. The maximum atomic E-state index is 6.47. The molecule has 19 heavy (non-hydrogen) atoms. The average molecular weight is 280 g/mol. The minimum absolute atomic E-state index is 0.0828. The highest BCUT2D eigenvalue weighted by Gasteiger charge is 2.43. The second-order valence-electron chi connectivity index (χ2n) is 6.17. The van der Waals surface area contributed by atoms with Crippen molar-refractivity contribution >= 4 is 11.6 Å². The van der Waals surface area contributed by atoms with Gasteiger partial charge in [-0.15, -0.1) is 0 Å². The van der Waals surface area contributed by atoms with Crippen LogP contribution in [0.15, 0.2) is 18.2 Å². The molecule has 0 bridgehead atoms. The lowest BCUT2D eigenvalue weighted by Gasteiger charge is -2.48. The van der Waals surface area contributed by atoms with Gasteiger partial charge >= 0.3 is 0 Å². The quantitative estimate of drug-likeness (QED) is 0.888. The summed E-state index contributed by atoms with van der Waals surface area (Å²) in [6.45, 7) is 2.88. The first-order valence-electron chi connectivity index (χ1n) is 7.25. The number of hydrogen-bond donors (Lipinski definition) is 1. The summed E-state index contributed by atoms with van der Waals surface area (Å²) in [5.41, 5.74) is 8.91. The van der Waals surface area contributed by atoms with Gasteiger partial charge in [0.25, 0.3) is 0 Å². The summed E-state index contributed by atoms with van der Waals surface area (Å²) in [6, 6.07) is 6.30. The molecule has 104 valence electrons. The van der Waals surface area contributed by atoms with Crippen LogP contribution in [0.4, 0.5) is 0 Å². The number of benzene rings is 1. The average Bonchev–Trinajstić information content (AvgIpc) is 2.39. The van der Waals surface area contributed by atoms with Crippen LogP contribution in [0.25, 0.3) is 0 Å². The number of rotatable bonds is 2. The van der Waals surface area contributed by atoms with Crippen LogP contribution in [-0.2, 0) is 4.74 Å². The molecule has 1 aliphatic carbocycles. The molecule has 3 heteroatoms. The van der Waals surface area contributed by atoms with E-state index in [1.54, 1.807) is 0 Å². The molecule has 3 rings (SSSR count). The van der Waals surface area contributed by atoms with E-state index < -0.39 is 0 Å². The summed E-state index contributed by atoms with van der Waals surface area (Å²) in [5, 5.41) is 0.818. The highest BCUT2D eigenvalue weighted by molar-refractivity contribution is 6.31. The van der Waals surface area contributed by atoms with Gasteiger partial charge in [0.15, 0.2) is 0 Å². The molecule has 0 amide bonds. The normalized spacial score (nSPS) is 27.0. The Balaban J connectivity index is 1.75. The Hall–Kier alpha value is -0.570. The van der Waals surface area contributed by atoms with E-state index in [0.717, 1.165) is 35.6 Å². The molecule has 1 aromatic carbocycles. The van der Waals surface area contributed by atoms with E-state index in [1.165, 1.54) is 19.3 Å². The van der Waals surface area contributed by atoms with Gasteiger partial charge in [-0.25, -0.2) is 0 Å². The Labute approximate surface area is 120 Å². The van der Waals surface area contributed by atoms with Crippen molar-refractivity contribution in [2.45, 2.75) is 50.7 Å². The van der Waals surface area contributed by atoms with Crippen molar-refractivity contribution in [3.63, 3.8) is 0 Å². The van der Waals surface area contributed by atoms with Gasteiger partial charge in [-0.2, -0.15) is 0 Å². The zero-order valence-electron chi connectivity index (χ0n) is 11.5. The number of ether oxygens (including phenoxy) is 1. The molecule has 2 nitrogen and oxygen atoms in total. The van der Waals surface area contributed by atoms with Gasteiger partial charge in [0, 0.05) is 17.7 Å². The van der Waals surface area contributed by atoms with Gasteiger partial charge in [0.1, 0.15) is 0 Å². The molecule has 1 heterocycles. The fourth-order valence-electron chi connectivity index (χ4n) is 3.38. The molecule has 2 unspecified atom stereocenters. The lowest BCUT2D eigenvalue weighted by molar-refractivity contribution is -0.146. The predicted molar refractivity (Wildman–Crippen MR) is 78.4 cm³/mol. The lowest BCUT2D eigenvalue weighted by Crippen LogP contribution is -2.47. The summed E-state index contributed by atoms with van der Waals surface area (Å²) in [7, 11) is 0. The van der Waals surface area contributed by atoms with Crippen LogP contribution in [0.1, 0.15) is 49.3 Å². The second kappa shape index (κ2) is 5.08. The Morgan fingerprint density at radius 3 is 2.84 bits per heavy atom. The summed E-state index contributed by atoms with van der Waals surface area (Å²) < 4.78 is 5.98. The fourth-order valence-corrected chi connectivity index (χ4v) is 3.57. The van der Waals surface area contributed by atoms with E-state index in [4.69, 9.17) is 22.1 Å². The van der Waals surface area contributed by atoms with E-state index in [0.29, 0.717) is 5.92 Å². The first-order valence-corrected chi connectivity index (χ1v) is 7.63. The summed E-state index contributed by atoms with van der Waals surface area (Å²) >= 11 is 6.21. The van der Waals surface area contributed by atoms with Crippen LogP contribution in [0.3, 0.4) is 0 Å². The zero-order chi connectivity index (χ0) is 13.5.